The highest BCUT2D eigenvalue weighted by molar-refractivity contribution is 9.09. The summed E-state index contributed by atoms with van der Waals surface area (Å²) in [6.07, 6.45) is 3.05. The van der Waals surface area contributed by atoms with Gasteiger partial charge in [-0.3, -0.25) is 4.79 Å². The van der Waals surface area contributed by atoms with Gasteiger partial charge in [0, 0.05) is 21.8 Å². The molecule has 1 aromatic carbocycles. The Hall–Kier alpha value is -0.480. The third-order valence-corrected chi connectivity index (χ3v) is 4.06. The Morgan fingerprint density at radius 1 is 1.32 bits per heavy atom. The van der Waals surface area contributed by atoms with E-state index in [-0.39, 0.29) is 11.3 Å². The van der Waals surface area contributed by atoms with E-state index in [1.807, 2.05) is 30.5 Å². The molecule has 1 aromatic rings. The van der Waals surface area contributed by atoms with Gasteiger partial charge in [-0.1, -0.05) is 36.7 Å². The number of amides is 1. The normalized spacial score (nSPS) is 13.1. The molecule has 106 valence electrons. The molecule has 0 radical (unpaired) electrons. The van der Waals surface area contributed by atoms with Gasteiger partial charge in [-0.2, -0.15) is 0 Å². The minimum atomic E-state index is -0.00832. The Labute approximate surface area is 128 Å². The van der Waals surface area contributed by atoms with E-state index < -0.39 is 0 Å². The largest absolute Gasteiger partial charge is 0.351 e. The maximum atomic E-state index is 12.0. The van der Waals surface area contributed by atoms with E-state index in [0.29, 0.717) is 16.9 Å². The molecular formula is C15H22BrNOS. The molecule has 1 amide bonds. The molecule has 1 unspecified atom stereocenters. The van der Waals surface area contributed by atoms with Crippen molar-refractivity contribution in [3.05, 3.63) is 29.8 Å². The van der Waals surface area contributed by atoms with Gasteiger partial charge in [0.05, 0.1) is 0 Å². The third-order valence-electron chi connectivity index (χ3n) is 2.67. The molecule has 0 aliphatic rings. The van der Waals surface area contributed by atoms with Crippen LogP contribution in [0.25, 0.3) is 0 Å². The fourth-order valence-electron chi connectivity index (χ4n) is 1.78. The van der Waals surface area contributed by atoms with Crippen LogP contribution in [0.2, 0.25) is 0 Å². The Morgan fingerprint density at radius 3 is 2.37 bits per heavy atom. The first-order valence-electron chi connectivity index (χ1n) is 6.38. The van der Waals surface area contributed by atoms with E-state index in [4.69, 9.17) is 0 Å². The number of thioether (sulfide) groups is 1. The molecule has 1 rings (SSSR count). The van der Waals surface area contributed by atoms with Crippen molar-refractivity contribution in [1.29, 1.82) is 0 Å². The molecule has 0 heterocycles. The van der Waals surface area contributed by atoms with Gasteiger partial charge < -0.3 is 5.32 Å². The van der Waals surface area contributed by atoms with Crippen LogP contribution in [0.15, 0.2) is 29.2 Å². The van der Waals surface area contributed by atoms with Crippen LogP contribution in [-0.2, 0) is 0 Å². The van der Waals surface area contributed by atoms with Crippen LogP contribution in [0.5, 0.6) is 0 Å². The fraction of sp³-hybridized carbons (Fsp3) is 0.533. The maximum absolute atomic E-state index is 12.0. The number of alkyl halides is 1. The quantitative estimate of drug-likeness (QED) is 0.636. The predicted octanol–water partition coefficient (Wildman–Crippen LogP) is 4.34. The zero-order valence-electron chi connectivity index (χ0n) is 12.0. The second-order valence-corrected chi connectivity index (χ2v) is 7.98. The summed E-state index contributed by atoms with van der Waals surface area (Å²) in [5.41, 5.74) is 0.979. The number of carbonyl (C=O) groups excluding carboxylic acids is 1. The van der Waals surface area contributed by atoms with Gasteiger partial charge in [0.1, 0.15) is 0 Å². The average Bonchev–Trinajstić information content (AvgIpc) is 2.34. The molecule has 1 atom stereocenters. The van der Waals surface area contributed by atoms with Crippen molar-refractivity contribution in [2.24, 2.45) is 5.41 Å². The Balaban J connectivity index is 2.46. The summed E-state index contributed by atoms with van der Waals surface area (Å²) in [5.74, 6) is -0.00832. The lowest BCUT2D eigenvalue weighted by molar-refractivity contribution is 0.0952. The van der Waals surface area contributed by atoms with Crippen LogP contribution in [0, 0.1) is 5.41 Å². The minimum Gasteiger partial charge on any atom is -0.351 e. The van der Waals surface area contributed by atoms with Crippen LogP contribution >= 0.6 is 27.7 Å². The van der Waals surface area contributed by atoms with E-state index >= 15 is 0 Å². The zero-order valence-corrected chi connectivity index (χ0v) is 14.4. The van der Waals surface area contributed by atoms with E-state index in [0.717, 1.165) is 6.42 Å². The standard InChI is InChI=1S/C15H22BrNOS/c1-15(2,3)9-12(16)10-17-14(18)11-5-7-13(19-4)8-6-11/h5-8,12H,9-10H2,1-4H3,(H,17,18). The van der Waals surface area contributed by atoms with Gasteiger partial charge in [-0.15, -0.1) is 11.8 Å². The molecular weight excluding hydrogens is 322 g/mol. The van der Waals surface area contributed by atoms with Crippen molar-refractivity contribution in [1.82, 2.24) is 5.32 Å². The highest BCUT2D eigenvalue weighted by Crippen LogP contribution is 2.24. The van der Waals surface area contributed by atoms with E-state index in [9.17, 15) is 4.79 Å². The van der Waals surface area contributed by atoms with Gasteiger partial charge >= 0.3 is 0 Å². The van der Waals surface area contributed by atoms with Crippen molar-refractivity contribution >= 4 is 33.6 Å². The minimum absolute atomic E-state index is 0.00832. The van der Waals surface area contributed by atoms with Crippen LogP contribution < -0.4 is 5.32 Å². The topological polar surface area (TPSA) is 29.1 Å². The predicted molar refractivity (Wildman–Crippen MR) is 87.3 cm³/mol. The number of carbonyl (C=O) groups is 1. The summed E-state index contributed by atoms with van der Waals surface area (Å²) in [7, 11) is 0. The molecule has 0 saturated heterocycles. The van der Waals surface area contributed by atoms with Crippen molar-refractivity contribution in [2.75, 3.05) is 12.8 Å². The summed E-state index contributed by atoms with van der Waals surface area (Å²) in [6.45, 7) is 7.25. The number of benzene rings is 1. The third kappa shape index (κ3) is 6.48. The number of nitrogens with one attached hydrogen (secondary N) is 1. The summed E-state index contributed by atoms with van der Waals surface area (Å²) < 4.78 is 0. The fourth-order valence-corrected chi connectivity index (χ4v) is 3.33. The lowest BCUT2D eigenvalue weighted by Gasteiger charge is -2.22. The molecule has 4 heteroatoms. The molecule has 0 fully saturated rings. The van der Waals surface area contributed by atoms with E-state index in [1.54, 1.807) is 11.8 Å². The number of hydrogen-bond donors (Lipinski definition) is 1. The Morgan fingerprint density at radius 2 is 1.89 bits per heavy atom. The molecule has 2 nitrogen and oxygen atoms in total. The summed E-state index contributed by atoms with van der Waals surface area (Å²) in [5, 5.41) is 2.97. The Bertz CT molecular complexity index is 411. The second kappa shape index (κ2) is 7.34. The smallest absolute Gasteiger partial charge is 0.251 e. The molecule has 0 aromatic heterocycles. The molecule has 19 heavy (non-hydrogen) atoms. The highest BCUT2D eigenvalue weighted by Gasteiger charge is 2.17. The molecule has 0 spiro atoms. The highest BCUT2D eigenvalue weighted by atomic mass is 79.9. The van der Waals surface area contributed by atoms with Crippen molar-refractivity contribution in [3.8, 4) is 0 Å². The van der Waals surface area contributed by atoms with Gasteiger partial charge in [0.2, 0.25) is 0 Å². The SMILES string of the molecule is CSc1ccc(C(=O)NCC(Br)CC(C)(C)C)cc1. The van der Waals surface area contributed by atoms with E-state index in [2.05, 4.69) is 42.0 Å². The average molecular weight is 344 g/mol. The first kappa shape index (κ1) is 16.6. The number of hydrogen-bond acceptors (Lipinski definition) is 2. The number of rotatable bonds is 5. The first-order chi connectivity index (χ1) is 8.81. The molecule has 0 aliphatic carbocycles. The Kier molecular flexibility index (Phi) is 6.40. The molecule has 0 bridgehead atoms. The van der Waals surface area contributed by atoms with Crippen LogP contribution in [0.1, 0.15) is 37.6 Å². The van der Waals surface area contributed by atoms with Crippen LogP contribution in [-0.4, -0.2) is 23.5 Å². The van der Waals surface area contributed by atoms with Crippen LogP contribution in [0.4, 0.5) is 0 Å². The van der Waals surface area contributed by atoms with Gasteiger partial charge in [0.25, 0.3) is 5.91 Å². The summed E-state index contributed by atoms with van der Waals surface area (Å²) in [6, 6.07) is 7.68. The van der Waals surface area contributed by atoms with Gasteiger partial charge in [-0.25, -0.2) is 0 Å². The molecule has 0 aliphatic heterocycles. The lowest BCUT2D eigenvalue weighted by atomic mass is 9.90. The van der Waals surface area contributed by atoms with E-state index in [1.165, 1.54) is 4.90 Å². The van der Waals surface area contributed by atoms with Gasteiger partial charge in [-0.05, 0) is 42.4 Å². The lowest BCUT2D eigenvalue weighted by Crippen LogP contribution is -2.31. The molecule has 1 N–H and O–H groups in total. The van der Waals surface area contributed by atoms with Crippen LogP contribution in [0.3, 0.4) is 0 Å². The summed E-state index contributed by atoms with van der Waals surface area (Å²) in [4.78, 5) is 13.5. The van der Waals surface area contributed by atoms with Crippen molar-refractivity contribution in [3.63, 3.8) is 0 Å². The maximum Gasteiger partial charge on any atom is 0.251 e. The molecule has 0 saturated carbocycles. The van der Waals surface area contributed by atoms with Crippen molar-refractivity contribution in [2.45, 2.75) is 36.9 Å². The first-order valence-corrected chi connectivity index (χ1v) is 8.52. The van der Waals surface area contributed by atoms with Crippen molar-refractivity contribution < 1.29 is 4.79 Å². The zero-order chi connectivity index (χ0) is 14.5. The van der Waals surface area contributed by atoms with Gasteiger partial charge in [0.15, 0.2) is 0 Å². The number of halogens is 1. The second-order valence-electron chi connectivity index (χ2n) is 5.80. The summed E-state index contributed by atoms with van der Waals surface area (Å²) >= 11 is 5.29. The monoisotopic (exact) mass is 343 g/mol.